The molecule has 0 amide bonds. The van der Waals surface area contributed by atoms with Gasteiger partial charge in [0.2, 0.25) is 5.88 Å². The molecule has 4 rings (SSSR count). The van der Waals surface area contributed by atoms with Crippen molar-refractivity contribution in [2.45, 2.75) is 19.4 Å². The van der Waals surface area contributed by atoms with Gasteiger partial charge in [-0.1, -0.05) is 24.3 Å². The number of benzene rings is 1. The zero-order valence-electron chi connectivity index (χ0n) is 21.2. The molecule has 0 aliphatic heterocycles. The molecule has 1 saturated carbocycles. The Balaban J connectivity index is 1.60. The van der Waals surface area contributed by atoms with E-state index in [0.29, 0.717) is 48.6 Å². The number of nitrogens with one attached hydrogen (secondary N) is 1. The minimum absolute atomic E-state index is 0.235. The summed E-state index contributed by atoms with van der Waals surface area (Å²) in [7, 11) is 6.91. The number of anilines is 1. The van der Waals surface area contributed by atoms with Crippen LogP contribution in [0.15, 0.2) is 53.7 Å². The van der Waals surface area contributed by atoms with Crippen molar-refractivity contribution in [3.63, 3.8) is 0 Å². The number of hydrogen-bond donors (Lipinski definition) is 2. The SMILES string of the molecule is CN=C(C(=C(N)OC)c1ncc(NCCOC)c(OCc2ccc(-c3nccn3C)cc2)n1)C1CC1. The number of nitrogens with two attached hydrogens (primary N) is 1. The fraction of sp³-hybridized carbons (Fsp3) is 0.385. The Labute approximate surface area is 211 Å². The maximum Gasteiger partial charge on any atom is 0.241 e. The molecule has 0 bridgehead atoms. The Bertz CT molecular complexity index is 1230. The van der Waals surface area contributed by atoms with Crippen LogP contribution in [0.4, 0.5) is 5.69 Å². The van der Waals surface area contributed by atoms with Crippen LogP contribution in [0.2, 0.25) is 0 Å². The molecule has 2 aromatic heterocycles. The molecule has 10 heteroatoms. The van der Waals surface area contributed by atoms with Gasteiger partial charge in [0.1, 0.15) is 23.7 Å². The molecule has 190 valence electrons. The first kappa shape index (κ1) is 25.2. The number of nitrogens with zero attached hydrogens (tertiary/aromatic N) is 5. The van der Waals surface area contributed by atoms with Gasteiger partial charge in [0.15, 0.2) is 11.7 Å². The molecule has 2 heterocycles. The van der Waals surface area contributed by atoms with E-state index in [2.05, 4.69) is 20.3 Å². The van der Waals surface area contributed by atoms with Gasteiger partial charge < -0.3 is 29.8 Å². The van der Waals surface area contributed by atoms with Crippen LogP contribution in [0, 0.1) is 5.92 Å². The van der Waals surface area contributed by atoms with Gasteiger partial charge in [-0.15, -0.1) is 0 Å². The van der Waals surface area contributed by atoms with Crippen molar-refractivity contribution < 1.29 is 14.2 Å². The van der Waals surface area contributed by atoms with E-state index in [0.717, 1.165) is 35.5 Å². The number of imidazole rings is 1. The van der Waals surface area contributed by atoms with Crippen LogP contribution in [0.5, 0.6) is 5.88 Å². The third kappa shape index (κ3) is 5.83. The van der Waals surface area contributed by atoms with Crippen LogP contribution in [0.1, 0.15) is 24.2 Å². The van der Waals surface area contributed by atoms with Gasteiger partial charge in [0, 0.05) is 51.6 Å². The number of aromatic nitrogens is 4. The lowest BCUT2D eigenvalue weighted by Gasteiger charge is -2.16. The van der Waals surface area contributed by atoms with Crippen molar-refractivity contribution in [1.82, 2.24) is 19.5 Å². The predicted molar refractivity (Wildman–Crippen MR) is 140 cm³/mol. The molecule has 1 aliphatic rings. The molecule has 0 atom stereocenters. The monoisotopic (exact) mass is 491 g/mol. The number of hydrogen-bond acceptors (Lipinski definition) is 9. The van der Waals surface area contributed by atoms with Crippen molar-refractivity contribution in [3.05, 3.63) is 60.1 Å². The molecule has 3 N–H and O–H groups in total. The lowest BCUT2D eigenvalue weighted by atomic mass is 10.1. The summed E-state index contributed by atoms with van der Waals surface area (Å²) in [6, 6.07) is 8.11. The summed E-state index contributed by atoms with van der Waals surface area (Å²) in [5.41, 5.74) is 10.4. The summed E-state index contributed by atoms with van der Waals surface area (Å²) < 4.78 is 18.7. The van der Waals surface area contributed by atoms with Crippen molar-refractivity contribution in [2.24, 2.45) is 23.7 Å². The quantitative estimate of drug-likeness (QED) is 0.225. The summed E-state index contributed by atoms with van der Waals surface area (Å²) in [6.07, 6.45) is 7.52. The molecule has 36 heavy (non-hydrogen) atoms. The Kier molecular flexibility index (Phi) is 8.17. The highest BCUT2D eigenvalue weighted by Gasteiger charge is 2.33. The second kappa shape index (κ2) is 11.7. The Hall–Kier alpha value is -3.92. The van der Waals surface area contributed by atoms with Crippen LogP contribution in [-0.2, 0) is 23.1 Å². The standard InChI is InChI=1S/C26H33N7O3/c1-28-22(18-9-10-18)21(23(27)35-4)24-31-15-20(29-12-14-34-3)26(32-24)36-16-17-5-7-19(8-6-17)25-30-11-13-33(25)2/h5-8,11,13,15,18,29H,9-10,12,14,16,27H2,1-4H3. The molecule has 0 radical (unpaired) electrons. The summed E-state index contributed by atoms with van der Waals surface area (Å²) in [4.78, 5) is 18.2. The molecule has 3 aromatic rings. The molecule has 1 aromatic carbocycles. The second-order valence-corrected chi connectivity index (χ2v) is 8.51. The molecule has 10 nitrogen and oxygen atoms in total. The second-order valence-electron chi connectivity index (χ2n) is 8.51. The fourth-order valence-electron chi connectivity index (χ4n) is 3.86. The maximum absolute atomic E-state index is 6.22. The minimum atomic E-state index is 0.235. The summed E-state index contributed by atoms with van der Waals surface area (Å²) >= 11 is 0. The van der Waals surface area contributed by atoms with Gasteiger partial charge in [-0.2, -0.15) is 4.98 Å². The van der Waals surface area contributed by atoms with Gasteiger partial charge in [-0.05, 0) is 18.4 Å². The maximum atomic E-state index is 6.22. The summed E-state index contributed by atoms with van der Waals surface area (Å²) in [5.74, 6) is 2.31. The van der Waals surface area contributed by atoms with Crippen molar-refractivity contribution >= 4 is 17.0 Å². The van der Waals surface area contributed by atoms with Crippen LogP contribution in [-0.4, -0.2) is 59.6 Å². The summed E-state index contributed by atoms with van der Waals surface area (Å²) in [6.45, 7) is 1.44. The lowest BCUT2D eigenvalue weighted by Crippen LogP contribution is -2.17. The molecule has 0 spiro atoms. The Morgan fingerprint density at radius 2 is 1.97 bits per heavy atom. The largest absolute Gasteiger partial charge is 0.482 e. The van der Waals surface area contributed by atoms with Crippen LogP contribution < -0.4 is 15.8 Å². The number of methoxy groups -OCH3 is 2. The molecule has 1 fully saturated rings. The normalized spacial score (nSPS) is 14.4. The lowest BCUT2D eigenvalue weighted by molar-refractivity contribution is 0.210. The van der Waals surface area contributed by atoms with E-state index in [4.69, 9.17) is 24.9 Å². The van der Waals surface area contributed by atoms with E-state index in [9.17, 15) is 0 Å². The Morgan fingerprint density at radius 3 is 2.58 bits per heavy atom. The van der Waals surface area contributed by atoms with Gasteiger partial charge in [0.25, 0.3) is 0 Å². The highest BCUT2D eigenvalue weighted by molar-refractivity contribution is 6.25. The predicted octanol–water partition coefficient (Wildman–Crippen LogP) is 3.27. The van der Waals surface area contributed by atoms with E-state index in [1.807, 2.05) is 42.1 Å². The number of rotatable bonds is 12. The smallest absolute Gasteiger partial charge is 0.241 e. The van der Waals surface area contributed by atoms with E-state index < -0.39 is 0 Å². The first-order valence-corrected chi connectivity index (χ1v) is 11.9. The minimum Gasteiger partial charge on any atom is -0.482 e. The number of allylic oxidation sites excluding steroid dienone is 1. The third-order valence-corrected chi connectivity index (χ3v) is 5.94. The number of aryl methyl sites for hydroxylation is 1. The molecular weight excluding hydrogens is 458 g/mol. The summed E-state index contributed by atoms with van der Waals surface area (Å²) in [5, 5.41) is 3.28. The van der Waals surface area contributed by atoms with Crippen LogP contribution in [0.25, 0.3) is 17.0 Å². The van der Waals surface area contributed by atoms with Gasteiger partial charge in [0.05, 0.1) is 25.6 Å². The highest BCUT2D eigenvalue weighted by Crippen LogP contribution is 2.37. The first-order chi connectivity index (χ1) is 17.5. The van der Waals surface area contributed by atoms with Crippen LogP contribution in [0.3, 0.4) is 0 Å². The highest BCUT2D eigenvalue weighted by atomic mass is 16.5. The average molecular weight is 492 g/mol. The zero-order chi connectivity index (χ0) is 25.5. The number of ether oxygens (including phenoxy) is 3. The van der Waals surface area contributed by atoms with E-state index >= 15 is 0 Å². The molecule has 1 aliphatic carbocycles. The first-order valence-electron chi connectivity index (χ1n) is 11.9. The molecule has 0 unspecified atom stereocenters. The van der Waals surface area contributed by atoms with E-state index in [-0.39, 0.29) is 5.88 Å². The third-order valence-electron chi connectivity index (χ3n) is 5.94. The fourth-order valence-corrected chi connectivity index (χ4v) is 3.86. The zero-order valence-corrected chi connectivity index (χ0v) is 21.2. The van der Waals surface area contributed by atoms with Gasteiger partial charge in [-0.25, -0.2) is 9.97 Å². The topological polar surface area (TPSA) is 122 Å². The van der Waals surface area contributed by atoms with Gasteiger partial charge in [-0.3, -0.25) is 4.99 Å². The van der Waals surface area contributed by atoms with E-state index in [1.54, 1.807) is 26.6 Å². The van der Waals surface area contributed by atoms with Crippen molar-refractivity contribution in [3.8, 4) is 17.3 Å². The van der Waals surface area contributed by atoms with Crippen LogP contribution >= 0.6 is 0 Å². The van der Waals surface area contributed by atoms with Crippen molar-refractivity contribution in [2.75, 3.05) is 39.7 Å². The number of aliphatic imine (C=N–C) groups is 1. The molecular formula is C26H33N7O3. The Morgan fingerprint density at radius 1 is 1.19 bits per heavy atom. The van der Waals surface area contributed by atoms with E-state index in [1.165, 1.54) is 7.11 Å². The van der Waals surface area contributed by atoms with Gasteiger partial charge >= 0.3 is 0 Å². The van der Waals surface area contributed by atoms with Crippen molar-refractivity contribution in [1.29, 1.82) is 0 Å². The average Bonchev–Trinajstić information content (AvgIpc) is 3.66. The molecule has 0 saturated heterocycles.